The lowest BCUT2D eigenvalue weighted by atomic mass is 10.2. The Morgan fingerprint density at radius 2 is 2.04 bits per heavy atom. The summed E-state index contributed by atoms with van der Waals surface area (Å²) in [6.45, 7) is 1.34. The van der Waals surface area contributed by atoms with Gasteiger partial charge >= 0.3 is 0 Å². The summed E-state index contributed by atoms with van der Waals surface area (Å²) < 4.78 is 1.80. The Balaban J connectivity index is 1.62. The number of amides is 1. The van der Waals surface area contributed by atoms with Gasteiger partial charge in [-0.3, -0.25) is 4.79 Å². The maximum absolute atomic E-state index is 12.1. The Hall–Kier alpha value is -2.51. The van der Waals surface area contributed by atoms with Crippen LogP contribution in [0, 0.1) is 0 Å². The molecule has 0 atom stereocenters. The van der Waals surface area contributed by atoms with Crippen LogP contribution in [0.15, 0.2) is 48.1 Å². The smallest absolute Gasteiger partial charge is 0.270 e. The van der Waals surface area contributed by atoms with Crippen molar-refractivity contribution in [1.29, 1.82) is 0 Å². The first-order chi connectivity index (χ1) is 12.3. The predicted molar refractivity (Wildman–Crippen MR) is 99.9 cm³/mol. The Morgan fingerprint density at radius 3 is 2.84 bits per heavy atom. The molecule has 0 saturated heterocycles. The number of hydrogen-bond acceptors (Lipinski definition) is 5. The number of thiazole rings is 1. The second kappa shape index (κ2) is 8.55. The highest BCUT2D eigenvalue weighted by Gasteiger charge is 2.13. The normalized spacial score (nSPS) is 10.8. The summed E-state index contributed by atoms with van der Waals surface area (Å²) >= 11 is 1.45. The summed E-state index contributed by atoms with van der Waals surface area (Å²) in [5.41, 5.74) is 7.79. The minimum absolute atomic E-state index is 0.134. The number of aromatic nitrogens is 3. The number of benzene rings is 1. The topological polar surface area (TPSA) is 85.8 Å². The van der Waals surface area contributed by atoms with Gasteiger partial charge in [0, 0.05) is 23.7 Å². The second-order valence-corrected chi connectivity index (χ2v) is 6.51. The summed E-state index contributed by atoms with van der Waals surface area (Å²) in [6.07, 6.45) is 6.63. The molecule has 0 aliphatic carbocycles. The number of carbonyl (C=O) groups is 1. The van der Waals surface area contributed by atoms with Crippen LogP contribution >= 0.6 is 11.3 Å². The first kappa shape index (κ1) is 17.3. The summed E-state index contributed by atoms with van der Waals surface area (Å²) in [7, 11) is 0. The van der Waals surface area contributed by atoms with Crippen molar-refractivity contribution in [1.82, 2.24) is 20.1 Å². The van der Waals surface area contributed by atoms with E-state index in [9.17, 15) is 4.79 Å². The molecule has 0 fully saturated rings. The van der Waals surface area contributed by atoms with E-state index in [1.807, 2.05) is 36.5 Å². The van der Waals surface area contributed by atoms with Crippen LogP contribution in [-0.4, -0.2) is 33.8 Å². The van der Waals surface area contributed by atoms with Gasteiger partial charge in [-0.25, -0.2) is 9.67 Å². The molecule has 3 aromatic rings. The third kappa shape index (κ3) is 4.52. The maximum Gasteiger partial charge on any atom is 0.270 e. The minimum atomic E-state index is -0.134. The fourth-order valence-electron chi connectivity index (χ4n) is 2.40. The molecule has 0 aliphatic rings. The number of hydrogen-bond donors (Lipinski definition) is 2. The van der Waals surface area contributed by atoms with Crippen molar-refractivity contribution in [2.75, 3.05) is 13.1 Å². The van der Waals surface area contributed by atoms with E-state index in [0.29, 0.717) is 18.8 Å². The number of nitrogens with one attached hydrogen (secondary N) is 1. The highest BCUT2D eigenvalue weighted by atomic mass is 32.1. The average Bonchev–Trinajstić information content (AvgIpc) is 3.31. The Bertz CT molecular complexity index is 812. The second-order valence-electron chi connectivity index (χ2n) is 5.65. The Morgan fingerprint density at radius 1 is 1.20 bits per heavy atom. The number of rotatable bonds is 8. The number of unbranched alkanes of at least 4 members (excludes halogenated alkanes) is 2. The molecule has 0 saturated carbocycles. The van der Waals surface area contributed by atoms with Crippen LogP contribution in [0.1, 0.15) is 29.8 Å². The van der Waals surface area contributed by atoms with Crippen LogP contribution in [0.4, 0.5) is 0 Å². The van der Waals surface area contributed by atoms with Gasteiger partial charge in [-0.1, -0.05) is 24.6 Å². The summed E-state index contributed by atoms with van der Waals surface area (Å²) in [5, 5.41) is 9.83. The zero-order chi connectivity index (χ0) is 17.5. The fourth-order valence-corrected chi connectivity index (χ4v) is 3.18. The van der Waals surface area contributed by atoms with E-state index >= 15 is 0 Å². The highest BCUT2D eigenvalue weighted by molar-refractivity contribution is 7.13. The van der Waals surface area contributed by atoms with Crippen LogP contribution in [0.25, 0.3) is 16.3 Å². The van der Waals surface area contributed by atoms with E-state index in [0.717, 1.165) is 35.5 Å². The molecular weight excluding hydrogens is 334 g/mol. The van der Waals surface area contributed by atoms with Gasteiger partial charge in [0.25, 0.3) is 5.91 Å². The van der Waals surface area contributed by atoms with E-state index in [-0.39, 0.29) is 5.91 Å². The first-order valence-electron chi connectivity index (χ1n) is 8.32. The van der Waals surface area contributed by atoms with E-state index in [1.54, 1.807) is 16.3 Å². The molecular formula is C18H21N5OS. The lowest BCUT2D eigenvalue weighted by Crippen LogP contribution is -2.24. The van der Waals surface area contributed by atoms with Gasteiger partial charge in [0.1, 0.15) is 10.7 Å². The molecule has 0 unspecified atom stereocenters. The molecule has 3 N–H and O–H groups in total. The first-order valence-corrected chi connectivity index (χ1v) is 9.20. The van der Waals surface area contributed by atoms with Crippen molar-refractivity contribution >= 4 is 17.2 Å². The van der Waals surface area contributed by atoms with Crippen LogP contribution < -0.4 is 11.1 Å². The molecule has 0 spiro atoms. The monoisotopic (exact) mass is 355 g/mol. The summed E-state index contributed by atoms with van der Waals surface area (Å²) in [4.78, 5) is 16.6. The maximum atomic E-state index is 12.1. The largest absolute Gasteiger partial charge is 0.351 e. The van der Waals surface area contributed by atoms with Crippen molar-refractivity contribution < 1.29 is 4.79 Å². The van der Waals surface area contributed by atoms with E-state index in [2.05, 4.69) is 15.4 Å². The Labute approximate surface area is 150 Å². The number of carbonyl (C=O) groups excluding carboxylic acids is 1. The van der Waals surface area contributed by atoms with Gasteiger partial charge in [-0.2, -0.15) is 5.10 Å². The molecule has 2 heterocycles. The molecule has 0 aliphatic heterocycles. The van der Waals surface area contributed by atoms with E-state index < -0.39 is 0 Å². The number of para-hydroxylation sites is 1. The standard InChI is InChI=1S/C18H21N5OS/c19-9-5-2-6-10-20-17(24)16-13-25-18(22-16)14-11-21-23(12-14)15-7-3-1-4-8-15/h1,3-4,7-8,11-13H,2,5-6,9-10,19H2,(H,20,24). The average molecular weight is 355 g/mol. The van der Waals surface area contributed by atoms with Crippen molar-refractivity contribution in [2.24, 2.45) is 5.73 Å². The lowest BCUT2D eigenvalue weighted by molar-refractivity contribution is 0.0949. The predicted octanol–water partition coefficient (Wildman–Crippen LogP) is 2.85. The fraction of sp³-hybridized carbons (Fsp3) is 0.278. The Kier molecular flexibility index (Phi) is 5.92. The molecule has 25 heavy (non-hydrogen) atoms. The SMILES string of the molecule is NCCCCCNC(=O)c1csc(-c2cnn(-c3ccccc3)c2)n1. The molecule has 1 amide bonds. The molecule has 2 aromatic heterocycles. The number of nitrogens with zero attached hydrogens (tertiary/aromatic N) is 3. The van der Waals surface area contributed by atoms with Gasteiger partial charge in [0.2, 0.25) is 0 Å². The molecule has 7 heteroatoms. The highest BCUT2D eigenvalue weighted by Crippen LogP contribution is 2.24. The van der Waals surface area contributed by atoms with E-state index in [4.69, 9.17) is 5.73 Å². The summed E-state index contributed by atoms with van der Waals surface area (Å²) in [6, 6.07) is 9.88. The van der Waals surface area contributed by atoms with Gasteiger partial charge in [-0.15, -0.1) is 11.3 Å². The van der Waals surface area contributed by atoms with Crippen LogP contribution in [0.3, 0.4) is 0 Å². The third-order valence-electron chi connectivity index (χ3n) is 3.75. The van der Waals surface area contributed by atoms with Crippen molar-refractivity contribution in [3.8, 4) is 16.3 Å². The third-order valence-corrected chi connectivity index (χ3v) is 4.64. The van der Waals surface area contributed by atoms with Crippen LogP contribution in [-0.2, 0) is 0 Å². The van der Waals surface area contributed by atoms with Gasteiger partial charge in [-0.05, 0) is 31.5 Å². The molecule has 0 radical (unpaired) electrons. The van der Waals surface area contributed by atoms with Gasteiger partial charge in [0.05, 0.1) is 11.9 Å². The van der Waals surface area contributed by atoms with Gasteiger partial charge < -0.3 is 11.1 Å². The van der Waals surface area contributed by atoms with Crippen molar-refractivity contribution in [3.63, 3.8) is 0 Å². The lowest BCUT2D eigenvalue weighted by Gasteiger charge is -2.02. The zero-order valence-corrected chi connectivity index (χ0v) is 14.7. The molecule has 1 aromatic carbocycles. The van der Waals surface area contributed by atoms with Crippen LogP contribution in [0.5, 0.6) is 0 Å². The molecule has 6 nitrogen and oxygen atoms in total. The van der Waals surface area contributed by atoms with E-state index in [1.165, 1.54) is 11.3 Å². The van der Waals surface area contributed by atoms with Crippen molar-refractivity contribution in [3.05, 3.63) is 53.8 Å². The zero-order valence-electron chi connectivity index (χ0n) is 13.9. The molecule has 3 rings (SSSR count). The molecule has 0 bridgehead atoms. The molecule has 130 valence electrons. The van der Waals surface area contributed by atoms with Crippen molar-refractivity contribution in [2.45, 2.75) is 19.3 Å². The summed E-state index contributed by atoms with van der Waals surface area (Å²) in [5.74, 6) is -0.134. The van der Waals surface area contributed by atoms with Gasteiger partial charge in [0.15, 0.2) is 0 Å². The quantitative estimate of drug-likeness (QED) is 0.608. The van der Waals surface area contributed by atoms with Crippen LogP contribution in [0.2, 0.25) is 0 Å². The minimum Gasteiger partial charge on any atom is -0.351 e. The number of nitrogens with two attached hydrogens (primary N) is 1.